The molecule has 4 nitrogen and oxygen atoms in total. The van der Waals surface area contributed by atoms with E-state index in [2.05, 4.69) is 47.8 Å². The molecule has 0 N–H and O–H groups in total. The first-order chi connectivity index (χ1) is 11.9. The van der Waals surface area contributed by atoms with E-state index >= 15 is 0 Å². The summed E-state index contributed by atoms with van der Waals surface area (Å²) in [6.45, 7) is 0. The van der Waals surface area contributed by atoms with E-state index in [0.717, 1.165) is 33.5 Å². The van der Waals surface area contributed by atoms with Gasteiger partial charge in [-0.1, -0.05) is 48.5 Å². The van der Waals surface area contributed by atoms with E-state index in [0.29, 0.717) is 0 Å². The Bertz CT molecular complexity index is 1150. The van der Waals surface area contributed by atoms with Crippen molar-refractivity contribution in [2.45, 2.75) is 0 Å². The predicted octanol–water partition coefficient (Wildman–Crippen LogP) is 4.34. The first kappa shape index (κ1) is 13.1. The van der Waals surface area contributed by atoms with Crippen LogP contribution < -0.4 is 0 Å². The number of imidazole rings is 1. The van der Waals surface area contributed by atoms with Crippen molar-refractivity contribution in [3.05, 3.63) is 85.3 Å². The minimum Gasteiger partial charge on any atom is -0.304 e. The van der Waals surface area contributed by atoms with Crippen molar-refractivity contribution in [2.75, 3.05) is 0 Å². The van der Waals surface area contributed by atoms with Gasteiger partial charge in [0.1, 0.15) is 5.65 Å². The van der Waals surface area contributed by atoms with Gasteiger partial charge in [-0.3, -0.25) is 0 Å². The van der Waals surface area contributed by atoms with Gasteiger partial charge in [0, 0.05) is 23.3 Å². The van der Waals surface area contributed by atoms with E-state index in [4.69, 9.17) is 4.98 Å². The molecule has 114 valence electrons. The highest BCUT2D eigenvalue weighted by Gasteiger charge is 2.08. The average molecular weight is 310 g/mol. The number of para-hydroxylation sites is 1. The molecule has 0 radical (unpaired) electrons. The zero-order valence-corrected chi connectivity index (χ0v) is 12.9. The molecule has 0 saturated carbocycles. The van der Waals surface area contributed by atoms with Crippen molar-refractivity contribution >= 4 is 16.6 Å². The molecule has 2 aromatic carbocycles. The lowest BCUT2D eigenvalue weighted by Gasteiger charge is -2.04. The predicted molar refractivity (Wildman–Crippen MR) is 95.3 cm³/mol. The summed E-state index contributed by atoms with van der Waals surface area (Å²) in [7, 11) is 0. The molecule has 0 aliphatic rings. The first-order valence-corrected chi connectivity index (χ1v) is 7.86. The van der Waals surface area contributed by atoms with Gasteiger partial charge < -0.3 is 4.40 Å². The van der Waals surface area contributed by atoms with Crippen LogP contribution in [0.3, 0.4) is 0 Å². The Labute approximate surface area is 138 Å². The van der Waals surface area contributed by atoms with Crippen molar-refractivity contribution < 1.29 is 0 Å². The van der Waals surface area contributed by atoms with Crippen LogP contribution in [0, 0.1) is 0 Å². The van der Waals surface area contributed by atoms with Crippen LogP contribution in [0.5, 0.6) is 0 Å². The van der Waals surface area contributed by atoms with Crippen LogP contribution in [-0.4, -0.2) is 19.2 Å². The number of benzene rings is 2. The lowest BCUT2D eigenvalue weighted by atomic mass is 10.2. The summed E-state index contributed by atoms with van der Waals surface area (Å²) in [5, 5.41) is 5.65. The lowest BCUT2D eigenvalue weighted by molar-refractivity contribution is 0.899. The SMILES string of the molecule is c1ccc(-c2cn3cc(-n4ncc5ccccc54)ccc3n2)cc1. The Balaban J connectivity index is 1.66. The third-order valence-electron chi connectivity index (χ3n) is 4.23. The van der Waals surface area contributed by atoms with E-state index < -0.39 is 0 Å². The van der Waals surface area contributed by atoms with Crippen molar-refractivity contribution in [1.29, 1.82) is 0 Å². The maximum atomic E-state index is 4.70. The van der Waals surface area contributed by atoms with Gasteiger partial charge in [0.25, 0.3) is 0 Å². The van der Waals surface area contributed by atoms with E-state index in [9.17, 15) is 0 Å². The van der Waals surface area contributed by atoms with Crippen LogP contribution in [0.4, 0.5) is 0 Å². The first-order valence-electron chi connectivity index (χ1n) is 7.86. The minimum atomic E-state index is 0.925. The molecular formula is C20H14N4. The highest BCUT2D eigenvalue weighted by Crippen LogP contribution is 2.22. The van der Waals surface area contributed by atoms with Crippen LogP contribution in [0.1, 0.15) is 0 Å². The number of hydrogen-bond acceptors (Lipinski definition) is 2. The smallest absolute Gasteiger partial charge is 0.137 e. The Morgan fingerprint density at radius 2 is 1.58 bits per heavy atom. The normalized spacial score (nSPS) is 11.3. The molecule has 0 unspecified atom stereocenters. The monoisotopic (exact) mass is 310 g/mol. The Morgan fingerprint density at radius 1 is 0.750 bits per heavy atom. The third-order valence-corrected chi connectivity index (χ3v) is 4.23. The van der Waals surface area contributed by atoms with Crippen LogP contribution in [0.25, 0.3) is 33.5 Å². The molecule has 0 bridgehead atoms. The second kappa shape index (κ2) is 5.06. The highest BCUT2D eigenvalue weighted by atomic mass is 15.3. The molecular weight excluding hydrogens is 296 g/mol. The average Bonchev–Trinajstić information content (AvgIpc) is 3.26. The summed E-state index contributed by atoms with van der Waals surface area (Å²) in [6, 6.07) is 22.5. The molecule has 24 heavy (non-hydrogen) atoms. The Hall–Kier alpha value is -3.40. The van der Waals surface area contributed by atoms with Crippen molar-refractivity contribution in [1.82, 2.24) is 19.2 Å². The molecule has 0 aliphatic carbocycles. The van der Waals surface area contributed by atoms with Gasteiger partial charge in [-0.25, -0.2) is 9.67 Å². The second-order valence-corrected chi connectivity index (χ2v) is 5.76. The maximum absolute atomic E-state index is 4.70. The van der Waals surface area contributed by atoms with Gasteiger partial charge in [0.15, 0.2) is 0 Å². The fraction of sp³-hybridized carbons (Fsp3) is 0. The van der Waals surface area contributed by atoms with Crippen LogP contribution in [0.2, 0.25) is 0 Å². The molecule has 3 heterocycles. The van der Waals surface area contributed by atoms with Crippen molar-refractivity contribution in [3.63, 3.8) is 0 Å². The van der Waals surface area contributed by atoms with Crippen LogP contribution >= 0.6 is 0 Å². The minimum absolute atomic E-state index is 0.925. The lowest BCUT2D eigenvalue weighted by Crippen LogP contribution is -1.97. The fourth-order valence-electron chi connectivity index (χ4n) is 3.03. The van der Waals surface area contributed by atoms with E-state index in [-0.39, 0.29) is 0 Å². The van der Waals surface area contributed by atoms with Crippen LogP contribution in [-0.2, 0) is 0 Å². The van der Waals surface area contributed by atoms with E-state index in [1.54, 1.807) is 0 Å². The topological polar surface area (TPSA) is 35.1 Å². The molecule has 4 heteroatoms. The summed E-state index contributed by atoms with van der Waals surface area (Å²) in [4.78, 5) is 4.70. The third kappa shape index (κ3) is 2.01. The Morgan fingerprint density at radius 3 is 2.50 bits per heavy atom. The van der Waals surface area contributed by atoms with Crippen molar-refractivity contribution in [2.24, 2.45) is 0 Å². The maximum Gasteiger partial charge on any atom is 0.137 e. The van der Waals surface area contributed by atoms with E-state index in [1.165, 1.54) is 0 Å². The molecule has 0 spiro atoms. The van der Waals surface area contributed by atoms with Gasteiger partial charge in [0.2, 0.25) is 0 Å². The molecule has 5 aromatic rings. The molecule has 0 amide bonds. The van der Waals surface area contributed by atoms with Gasteiger partial charge in [-0.2, -0.15) is 5.10 Å². The number of fused-ring (bicyclic) bond motifs is 2. The summed E-state index contributed by atoms with van der Waals surface area (Å²) in [5.41, 5.74) is 5.13. The van der Waals surface area contributed by atoms with Gasteiger partial charge >= 0.3 is 0 Å². The number of hydrogen-bond donors (Lipinski definition) is 0. The number of nitrogens with zero attached hydrogens (tertiary/aromatic N) is 4. The number of rotatable bonds is 2. The molecule has 0 aliphatic heterocycles. The standard InChI is InChI=1S/C20H14N4/c1-2-6-15(7-3-1)18-14-23-13-17(10-11-20(23)22-18)24-19-9-5-4-8-16(19)12-21-24/h1-14H. The Kier molecular flexibility index (Phi) is 2.76. The molecule has 0 fully saturated rings. The van der Waals surface area contributed by atoms with Gasteiger partial charge in [-0.15, -0.1) is 0 Å². The quantitative estimate of drug-likeness (QED) is 0.486. The largest absolute Gasteiger partial charge is 0.304 e. The van der Waals surface area contributed by atoms with Crippen molar-refractivity contribution in [3.8, 4) is 16.9 Å². The zero-order chi connectivity index (χ0) is 15.9. The summed E-state index contributed by atoms with van der Waals surface area (Å²) < 4.78 is 4.01. The summed E-state index contributed by atoms with van der Waals surface area (Å²) >= 11 is 0. The molecule has 0 saturated heterocycles. The molecule has 5 rings (SSSR count). The van der Waals surface area contributed by atoms with Gasteiger partial charge in [0.05, 0.1) is 23.1 Å². The molecule has 3 aromatic heterocycles. The second-order valence-electron chi connectivity index (χ2n) is 5.76. The number of pyridine rings is 1. The summed E-state index contributed by atoms with van der Waals surface area (Å²) in [5.74, 6) is 0. The van der Waals surface area contributed by atoms with Gasteiger partial charge in [-0.05, 0) is 18.2 Å². The van der Waals surface area contributed by atoms with E-state index in [1.807, 2.05) is 51.7 Å². The molecule has 0 atom stereocenters. The number of aromatic nitrogens is 4. The fourth-order valence-corrected chi connectivity index (χ4v) is 3.03. The van der Waals surface area contributed by atoms with Crippen LogP contribution in [0.15, 0.2) is 85.3 Å². The highest BCUT2D eigenvalue weighted by molar-refractivity contribution is 5.80. The summed E-state index contributed by atoms with van der Waals surface area (Å²) in [6.07, 6.45) is 6.01. The zero-order valence-electron chi connectivity index (χ0n) is 12.9.